The summed E-state index contributed by atoms with van der Waals surface area (Å²) in [6.07, 6.45) is 0. The third-order valence-electron chi connectivity index (χ3n) is 3.95. The maximum Gasteiger partial charge on any atom is 0.120 e. The molecule has 1 aromatic carbocycles. The molecule has 124 valence electrons. The molecule has 1 aromatic heterocycles. The van der Waals surface area contributed by atoms with Gasteiger partial charge in [0.25, 0.3) is 0 Å². The van der Waals surface area contributed by atoms with Gasteiger partial charge in [-0.15, -0.1) is 11.3 Å². The molecule has 0 aliphatic carbocycles. The molecule has 1 saturated heterocycles. The largest absolute Gasteiger partial charge is 0.488 e. The van der Waals surface area contributed by atoms with Gasteiger partial charge >= 0.3 is 0 Å². The quantitative estimate of drug-likeness (QED) is 0.919. The van der Waals surface area contributed by atoms with Crippen LogP contribution >= 0.6 is 11.3 Å². The van der Waals surface area contributed by atoms with Crippen LogP contribution in [0, 0.1) is 0 Å². The minimum atomic E-state index is -0.160. The summed E-state index contributed by atoms with van der Waals surface area (Å²) in [7, 11) is 0. The fraction of sp³-hybridized carbons (Fsp3) is 0.474. The van der Waals surface area contributed by atoms with E-state index in [9.17, 15) is 0 Å². The van der Waals surface area contributed by atoms with Crippen molar-refractivity contribution >= 4 is 11.3 Å². The zero-order valence-corrected chi connectivity index (χ0v) is 15.0. The summed E-state index contributed by atoms with van der Waals surface area (Å²) in [6.45, 7) is 10.5. The van der Waals surface area contributed by atoms with Crippen LogP contribution in [0.4, 0.5) is 0 Å². The Morgan fingerprint density at radius 3 is 2.35 bits per heavy atom. The van der Waals surface area contributed by atoms with Crippen molar-refractivity contribution in [3.05, 3.63) is 52.2 Å². The topological polar surface area (TPSA) is 24.5 Å². The smallest absolute Gasteiger partial charge is 0.120 e. The van der Waals surface area contributed by atoms with Gasteiger partial charge in [0.15, 0.2) is 0 Å². The molecule has 0 unspecified atom stereocenters. The minimum absolute atomic E-state index is 0.160. The Kier molecular flexibility index (Phi) is 5.05. The van der Waals surface area contributed by atoms with Crippen LogP contribution in [0.5, 0.6) is 5.75 Å². The molecule has 3 nitrogen and oxygen atoms in total. The van der Waals surface area contributed by atoms with Crippen molar-refractivity contribution in [2.24, 2.45) is 0 Å². The summed E-state index contributed by atoms with van der Waals surface area (Å²) >= 11 is 1.84. The molecule has 1 atom stereocenters. The highest BCUT2D eigenvalue weighted by Gasteiger charge is 2.24. The molecule has 0 bridgehead atoms. The number of ether oxygens (including phenoxy) is 1. The first-order chi connectivity index (χ1) is 11.0. The van der Waals surface area contributed by atoms with Crippen LogP contribution in [0.2, 0.25) is 0 Å². The van der Waals surface area contributed by atoms with E-state index in [1.807, 2.05) is 11.3 Å². The number of thiophene rings is 1. The zero-order valence-electron chi connectivity index (χ0n) is 14.2. The van der Waals surface area contributed by atoms with E-state index in [1.165, 1.54) is 10.4 Å². The Morgan fingerprint density at radius 2 is 1.78 bits per heavy atom. The molecule has 1 aliphatic rings. The van der Waals surface area contributed by atoms with Crippen molar-refractivity contribution in [3.63, 3.8) is 0 Å². The van der Waals surface area contributed by atoms with Crippen LogP contribution in [-0.4, -0.2) is 36.7 Å². The van der Waals surface area contributed by atoms with E-state index in [2.05, 4.69) is 72.8 Å². The van der Waals surface area contributed by atoms with Gasteiger partial charge in [-0.3, -0.25) is 4.90 Å². The van der Waals surface area contributed by atoms with Crippen LogP contribution < -0.4 is 10.1 Å². The predicted octanol–water partition coefficient (Wildman–Crippen LogP) is 3.92. The molecule has 0 radical (unpaired) electrons. The van der Waals surface area contributed by atoms with Crippen molar-refractivity contribution in [2.75, 3.05) is 26.2 Å². The molecule has 3 rings (SSSR count). The van der Waals surface area contributed by atoms with E-state index in [4.69, 9.17) is 4.74 Å². The van der Waals surface area contributed by atoms with E-state index in [-0.39, 0.29) is 5.60 Å². The third-order valence-corrected chi connectivity index (χ3v) is 4.87. The molecule has 2 aromatic rings. The number of nitrogens with one attached hydrogen (secondary N) is 1. The molecule has 23 heavy (non-hydrogen) atoms. The van der Waals surface area contributed by atoms with Gasteiger partial charge in [-0.25, -0.2) is 0 Å². The van der Waals surface area contributed by atoms with E-state index in [0.717, 1.165) is 31.9 Å². The molecule has 1 aliphatic heterocycles. The van der Waals surface area contributed by atoms with E-state index >= 15 is 0 Å². The van der Waals surface area contributed by atoms with E-state index in [1.54, 1.807) is 0 Å². The lowest BCUT2D eigenvalue weighted by atomic mass is 10.0. The number of hydrogen-bond acceptors (Lipinski definition) is 4. The summed E-state index contributed by atoms with van der Waals surface area (Å²) in [5, 5.41) is 5.61. The second kappa shape index (κ2) is 7.04. The van der Waals surface area contributed by atoms with Gasteiger partial charge in [0.05, 0.1) is 6.04 Å². The molecule has 2 heterocycles. The Morgan fingerprint density at radius 1 is 1.09 bits per heavy atom. The number of nitrogens with zero attached hydrogens (tertiary/aromatic N) is 1. The van der Waals surface area contributed by atoms with Gasteiger partial charge in [-0.05, 0) is 49.9 Å². The summed E-state index contributed by atoms with van der Waals surface area (Å²) < 4.78 is 5.95. The van der Waals surface area contributed by atoms with Gasteiger partial charge in [-0.1, -0.05) is 18.2 Å². The number of rotatable bonds is 4. The number of benzene rings is 1. The predicted molar refractivity (Wildman–Crippen MR) is 97.4 cm³/mol. The molecular weight excluding hydrogens is 304 g/mol. The van der Waals surface area contributed by atoms with Gasteiger partial charge in [0, 0.05) is 31.1 Å². The molecule has 1 N–H and O–H groups in total. The van der Waals surface area contributed by atoms with Crippen molar-refractivity contribution in [3.8, 4) is 5.75 Å². The molecule has 4 heteroatoms. The Bertz CT molecular complexity index is 595. The van der Waals surface area contributed by atoms with Gasteiger partial charge in [-0.2, -0.15) is 0 Å². The molecule has 0 saturated carbocycles. The minimum Gasteiger partial charge on any atom is -0.488 e. The van der Waals surface area contributed by atoms with E-state index in [0.29, 0.717) is 6.04 Å². The fourth-order valence-corrected chi connectivity index (χ4v) is 3.90. The highest BCUT2D eigenvalue weighted by Crippen LogP contribution is 2.33. The SMILES string of the molecule is CC(C)(C)Oc1ccc([C@@H](c2cccs2)N2CCNCC2)cc1. The van der Waals surface area contributed by atoms with Crippen LogP contribution in [0.15, 0.2) is 41.8 Å². The van der Waals surface area contributed by atoms with Crippen molar-refractivity contribution in [1.29, 1.82) is 0 Å². The lowest BCUT2D eigenvalue weighted by Crippen LogP contribution is -2.45. The van der Waals surface area contributed by atoms with Gasteiger partial charge in [0.1, 0.15) is 11.4 Å². The summed E-state index contributed by atoms with van der Waals surface area (Å²) in [4.78, 5) is 3.98. The standard InChI is InChI=1S/C19H26N2OS/c1-19(2,3)22-16-8-6-15(7-9-16)18(17-5-4-14-23-17)21-12-10-20-11-13-21/h4-9,14,18,20H,10-13H2,1-3H3/t18-/m0/s1. The maximum absolute atomic E-state index is 5.95. The number of piperazine rings is 1. The lowest BCUT2D eigenvalue weighted by molar-refractivity contribution is 0.131. The third kappa shape index (κ3) is 4.34. The average molecular weight is 330 g/mol. The summed E-state index contributed by atoms with van der Waals surface area (Å²) in [5.74, 6) is 0.937. The zero-order chi connectivity index (χ0) is 16.3. The highest BCUT2D eigenvalue weighted by molar-refractivity contribution is 7.10. The first kappa shape index (κ1) is 16.5. The Hall–Kier alpha value is -1.36. The molecule has 0 amide bonds. The highest BCUT2D eigenvalue weighted by atomic mass is 32.1. The number of hydrogen-bond donors (Lipinski definition) is 1. The van der Waals surface area contributed by atoms with E-state index < -0.39 is 0 Å². The average Bonchev–Trinajstić information content (AvgIpc) is 3.03. The molecule has 1 fully saturated rings. The second-order valence-corrected chi connectivity index (χ2v) is 7.97. The van der Waals surface area contributed by atoms with Crippen LogP contribution in [0.1, 0.15) is 37.3 Å². The monoisotopic (exact) mass is 330 g/mol. The second-order valence-electron chi connectivity index (χ2n) is 6.99. The van der Waals surface area contributed by atoms with Gasteiger partial charge in [0.2, 0.25) is 0 Å². The maximum atomic E-state index is 5.95. The lowest BCUT2D eigenvalue weighted by Gasteiger charge is -2.35. The first-order valence-corrected chi connectivity index (χ1v) is 9.18. The summed E-state index contributed by atoms with van der Waals surface area (Å²) in [6, 6.07) is 13.4. The van der Waals surface area contributed by atoms with Gasteiger partial charge < -0.3 is 10.1 Å². The van der Waals surface area contributed by atoms with Crippen LogP contribution in [0.3, 0.4) is 0 Å². The van der Waals surface area contributed by atoms with Crippen LogP contribution in [-0.2, 0) is 0 Å². The Balaban J connectivity index is 1.84. The van der Waals surface area contributed by atoms with Crippen molar-refractivity contribution in [1.82, 2.24) is 10.2 Å². The Labute approximate surface area is 143 Å². The first-order valence-electron chi connectivity index (χ1n) is 8.30. The summed E-state index contributed by atoms with van der Waals surface area (Å²) in [5.41, 5.74) is 1.18. The molecule has 0 spiro atoms. The normalized spacial score (nSPS) is 17.9. The molecular formula is C19H26N2OS. The van der Waals surface area contributed by atoms with Crippen molar-refractivity contribution in [2.45, 2.75) is 32.4 Å². The van der Waals surface area contributed by atoms with Crippen molar-refractivity contribution < 1.29 is 4.74 Å². The van der Waals surface area contributed by atoms with Crippen LogP contribution in [0.25, 0.3) is 0 Å². The fourth-order valence-electron chi connectivity index (χ4n) is 3.01.